The predicted molar refractivity (Wildman–Crippen MR) is 127 cm³/mol. The summed E-state index contributed by atoms with van der Waals surface area (Å²) in [6.45, 7) is 2.37. The standard InChI is InChI=1S/C22H21Cl2N3O4S/c1-3-30-21(28)10-17-13-32-22(26-17)27-25-11-14-4-6-19(29-2)15(8-14)12-31-20-7-5-16(23)9-18(20)24/h4-9,11,13H,3,10,12H2,1-2H3,(H,26,27). The number of halogens is 2. The maximum absolute atomic E-state index is 11.5. The van der Waals surface area contributed by atoms with Crippen LogP contribution in [0.1, 0.15) is 23.7 Å². The Balaban J connectivity index is 1.62. The number of hydrazone groups is 1. The van der Waals surface area contributed by atoms with Gasteiger partial charge in [-0.15, -0.1) is 11.3 Å². The highest BCUT2D eigenvalue weighted by molar-refractivity contribution is 7.13. The number of methoxy groups -OCH3 is 1. The van der Waals surface area contributed by atoms with E-state index in [9.17, 15) is 4.79 Å². The van der Waals surface area contributed by atoms with Crippen LogP contribution in [0, 0.1) is 0 Å². The number of rotatable bonds is 10. The Kier molecular flexibility index (Phi) is 8.72. The van der Waals surface area contributed by atoms with E-state index < -0.39 is 0 Å². The minimum atomic E-state index is -0.305. The lowest BCUT2D eigenvalue weighted by atomic mass is 10.1. The molecule has 0 bridgehead atoms. The van der Waals surface area contributed by atoms with E-state index in [-0.39, 0.29) is 19.0 Å². The molecule has 10 heteroatoms. The minimum Gasteiger partial charge on any atom is -0.496 e. The summed E-state index contributed by atoms with van der Waals surface area (Å²) >= 11 is 13.5. The Bertz CT molecular complexity index is 1100. The Hall–Kier alpha value is -2.81. The molecule has 1 heterocycles. The van der Waals surface area contributed by atoms with Crippen LogP contribution in [0.3, 0.4) is 0 Å². The third kappa shape index (κ3) is 6.85. The summed E-state index contributed by atoms with van der Waals surface area (Å²) in [4.78, 5) is 15.9. The lowest BCUT2D eigenvalue weighted by Gasteiger charge is -2.12. The predicted octanol–water partition coefficient (Wildman–Crippen LogP) is 5.59. The first-order valence-electron chi connectivity index (χ1n) is 9.62. The number of nitrogens with one attached hydrogen (secondary N) is 1. The highest BCUT2D eigenvalue weighted by Gasteiger charge is 2.09. The van der Waals surface area contributed by atoms with Crippen molar-refractivity contribution in [3.63, 3.8) is 0 Å². The van der Waals surface area contributed by atoms with Crippen LogP contribution in [0.2, 0.25) is 10.0 Å². The number of thiazole rings is 1. The summed E-state index contributed by atoms with van der Waals surface area (Å²) in [6.07, 6.45) is 1.79. The van der Waals surface area contributed by atoms with Gasteiger partial charge in [0.05, 0.1) is 37.1 Å². The molecular formula is C22H21Cl2N3O4S. The number of hydrogen-bond donors (Lipinski definition) is 1. The molecule has 0 radical (unpaired) electrons. The fourth-order valence-electron chi connectivity index (χ4n) is 2.70. The molecule has 1 N–H and O–H groups in total. The molecule has 2 aromatic carbocycles. The van der Waals surface area contributed by atoms with E-state index >= 15 is 0 Å². The van der Waals surface area contributed by atoms with E-state index in [1.807, 2.05) is 18.2 Å². The highest BCUT2D eigenvalue weighted by Crippen LogP contribution is 2.29. The van der Waals surface area contributed by atoms with E-state index in [0.29, 0.717) is 39.0 Å². The van der Waals surface area contributed by atoms with Gasteiger partial charge in [0, 0.05) is 16.0 Å². The third-order valence-corrected chi connectivity index (χ3v) is 5.46. The number of aromatic nitrogens is 1. The maximum Gasteiger partial charge on any atom is 0.311 e. The summed E-state index contributed by atoms with van der Waals surface area (Å²) < 4.78 is 16.2. The summed E-state index contributed by atoms with van der Waals surface area (Å²) in [6, 6.07) is 10.7. The Morgan fingerprint density at radius 2 is 2.03 bits per heavy atom. The molecule has 7 nitrogen and oxygen atoms in total. The van der Waals surface area contributed by atoms with Gasteiger partial charge in [0.2, 0.25) is 5.13 Å². The maximum atomic E-state index is 11.5. The number of esters is 1. The molecule has 0 aliphatic heterocycles. The van der Waals surface area contributed by atoms with Crippen molar-refractivity contribution >= 4 is 51.9 Å². The first kappa shape index (κ1) is 23.8. The van der Waals surface area contributed by atoms with Crippen molar-refractivity contribution in [1.29, 1.82) is 0 Å². The second-order valence-electron chi connectivity index (χ2n) is 6.43. The number of carbonyl (C=O) groups is 1. The average molecular weight is 494 g/mol. The van der Waals surface area contributed by atoms with Gasteiger partial charge < -0.3 is 14.2 Å². The zero-order chi connectivity index (χ0) is 22.9. The lowest BCUT2D eigenvalue weighted by Crippen LogP contribution is -2.07. The monoisotopic (exact) mass is 493 g/mol. The first-order chi connectivity index (χ1) is 15.5. The van der Waals surface area contributed by atoms with E-state index in [2.05, 4.69) is 15.5 Å². The molecule has 0 fully saturated rings. The SMILES string of the molecule is CCOC(=O)Cc1csc(NN=Cc2ccc(OC)c(COc3ccc(Cl)cc3Cl)c2)n1. The average Bonchev–Trinajstić information content (AvgIpc) is 3.20. The number of ether oxygens (including phenoxy) is 3. The molecular weight excluding hydrogens is 473 g/mol. The van der Waals surface area contributed by atoms with Crippen molar-refractivity contribution in [3.8, 4) is 11.5 Å². The highest BCUT2D eigenvalue weighted by atomic mass is 35.5. The largest absolute Gasteiger partial charge is 0.496 e. The topological polar surface area (TPSA) is 82.0 Å². The molecule has 0 atom stereocenters. The number of benzene rings is 2. The third-order valence-electron chi connectivity index (χ3n) is 4.14. The van der Waals surface area contributed by atoms with Crippen LogP contribution >= 0.6 is 34.5 Å². The van der Waals surface area contributed by atoms with Gasteiger partial charge in [0.15, 0.2) is 0 Å². The smallest absolute Gasteiger partial charge is 0.311 e. The molecule has 0 saturated carbocycles. The van der Waals surface area contributed by atoms with Crippen LogP contribution in [-0.2, 0) is 22.6 Å². The zero-order valence-corrected chi connectivity index (χ0v) is 19.8. The van der Waals surface area contributed by atoms with Crippen molar-refractivity contribution in [3.05, 3.63) is 68.6 Å². The van der Waals surface area contributed by atoms with Gasteiger partial charge in [0.1, 0.15) is 18.1 Å². The van der Waals surface area contributed by atoms with Crippen molar-refractivity contribution in [2.45, 2.75) is 20.0 Å². The van der Waals surface area contributed by atoms with Gasteiger partial charge in [-0.05, 0) is 48.9 Å². The van der Waals surface area contributed by atoms with E-state index in [0.717, 1.165) is 11.1 Å². The van der Waals surface area contributed by atoms with Crippen LogP contribution in [0.25, 0.3) is 0 Å². The fourth-order valence-corrected chi connectivity index (χ4v) is 3.82. The van der Waals surface area contributed by atoms with E-state index in [1.54, 1.807) is 43.8 Å². The molecule has 0 amide bonds. The van der Waals surface area contributed by atoms with Crippen LogP contribution in [-0.4, -0.2) is 30.9 Å². The first-order valence-corrected chi connectivity index (χ1v) is 11.3. The van der Waals surface area contributed by atoms with Gasteiger partial charge in [-0.25, -0.2) is 4.98 Å². The number of anilines is 1. The van der Waals surface area contributed by atoms with Gasteiger partial charge in [-0.3, -0.25) is 10.2 Å². The molecule has 3 aromatic rings. The fraction of sp³-hybridized carbons (Fsp3) is 0.227. The van der Waals surface area contributed by atoms with Crippen LogP contribution in [0.5, 0.6) is 11.5 Å². The van der Waals surface area contributed by atoms with Gasteiger partial charge in [-0.1, -0.05) is 23.2 Å². The molecule has 0 aliphatic rings. The molecule has 1 aromatic heterocycles. The Morgan fingerprint density at radius 3 is 2.78 bits per heavy atom. The minimum absolute atomic E-state index is 0.134. The van der Waals surface area contributed by atoms with Crippen LogP contribution in [0.15, 0.2) is 46.9 Å². The zero-order valence-electron chi connectivity index (χ0n) is 17.4. The summed E-state index contributed by atoms with van der Waals surface area (Å²) in [5, 5.41) is 7.56. The van der Waals surface area contributed by atoms with Crippen molar-refractivity contribution in [1.82, 2.24) is 4.98 Å². The molecule has 0 aliphatic carbocycles. The van der Waals surface area contributed by atoms with Gasteiger partial charge in [-0.2, -0.15) is 5.10 Å². The summed E-state index contributed by atoms with van der Waals surface area (Å²) in [5.74, 6) is 0.908. The molecule has 0 unspecified atom stereocenters. The van der Waals surface area contributed by atoms with Crippen molar-refractivity contribution in [2.75, 3.05) is 19.1 Å². The quantitative estimate of drug-likeness (QED) is 0.225. The van der Waals surface area contributed by atoms with E-state index in [4.69, 9.17) is 37.4 Å². The van der Waals surface area contributed by atoms with Crippen LogP contribution in [0.4, 0.5) is 5.13 Å². The number of nitrogens with zero attached hydrogens (tertiary/aromatic N) is 2. The summed E-state index contributed by atoms with van der Waals surface area (Å²) in [5.41, 5.74) is 5.17. The molecule has 32 heavy (non-hydrogen) atoms. The molecule has 168 valence electrons. The van der Waals surface area contributed by atoms with E-state index in [1.165, 1.54) is 11.3 Å². The van der Waals surface area contributed by atoms with Gasteiger partial charge in [0.25, 0.3) is 0 Å². The van der Waals surface area contributed by atoms with Gasteiger partial charge >= 0.3 is 5.97 Å². The second-order valence-corrected chi connectivity index (χ2v) is 8.13. The summed E-state index contributed by atoms with van der Waals surface area (Å²) in [7, 11) is 1.60. The van der Waals surface area contributed by atoms with Crippen LogP contribution < -0.4 is 14.9 Å². The Morgan fingerprint density at radius 1 is 1.22 bits per heavy atom. The van der Waals surface area contributed by atoms with Crippen molar-refractivity contribution in [2.24, 2.45) is 5.10 Å². The normalized spacial score (nSPS) is 10.9. The molecule has 3 rings (SSSR count). The second kappa shape index (κ2) is 11.7. The molecule has 0 saturated heterocycles. The molecule has 0 spiro atoms. The number of carbonyl (C=O) groups excluding carboxylic acids is 1. The van der Waals surface area contributed by atoms with Crippen molar-refractivity contribution < 1.29 is 19.0 Å². The number of hydrogen-bond acceptors (Lipinski definition) is 8. The lowest BCUT2D eigenvalue weighted by molar-refractivity contribution is -0.142. The Labute approximate surface area is 199 Å².